The highest BCUT2D eigenvalue weighted by Gasteiger charge is 2.39. The third-order valence-corrected chi connectivity index (χ3v) is 5.71. The fourth-order valence-corrected chi connectivity index (χ4v) is 4.44. The van der Waals surface area contributed by atoms with Crippen molar-refractivity contribution in [2.24, 2.45) is 11.8 Å². The normalized spacial score (nSPS) is 32.7. The first-order chi connectivity index (χ1) is 10.1. The standard InChI is InChI=1S/C13H24O.C6H4O/c1-2-8-13(14)9-7-11-5-3-4-6-12(11)10-13;7-6-3-4-1-2-5(4)6/h11-12,14H,2-10H2,1H3;1-3,7H. The number of aromatic hydroxyl groups is 1. The maximum absolute atomic E-state index is 10.4. The molecule has 2 fully saturated rings. The monoisotopic (exact) mass is 288 g/mol. The second-order valence-corrected chi connectivity index (χ2v) is 7.25. The average Bonchev–Trinajstić information content (AvgIpc) is 2.45. The molecule has 4 rings (SSSR count). The Morgan fingerprint density at radius 3 is 2.38 bits per heavy atom. The highest BCUT2D eigenvalue weighted by atomic mass is 16.3. The molecule has 0 amide bonds. The fourth-order valence-electron chi connectivity index (χ4n) is 4.44. The molecule has 4 aliphatic rings. The van der Waals surface area contributed by atoms with Gasteiger partial charge in [0, 0.05) is 5.22 Å². The number of phenols is 1. The highest BCUT2D eigenvalue weighted by molar-refractivity contribution is 5.37. The summed E-state index contributed by atoms with van der Waals surface area (Å²) in [6.45, 7) is 2.19. The van der Waals surface area contributed by atoms with Crippen molar-refractivity contribution in [1.29, 1.82) is 0 Å². The molecule has 0 radical (unpaired) electrons. The Morgan fingerprint density at radius 2 is 1.90 bits per heavy atom. The van der Waals surface area contributed by atoms with Crippen LogP contribution in [0.2, 0.25) is 0 Å². The van der Waals surface area contributed by atoms with Crippen LogP contribution in [-0.2, 0) is 0 Å². The van der Waals surface area contributed by atoms with Gasteiger partial charge in [-0.1, -0.05) is 51.2 Å². The second kappa shape index (κ2) is 6.00. The largest absolute Gasteiger partial charge is 0.507 e. The smallest absolute Gasteiger partial charge is 0.124 e. The van der Waals surface area contributed by atoms with Crippen LogP contribution in [0.25, 0.3) is 0 Å². The highest BCUT2D eigenvalue weighted by Crippen LogP contribution is 2.45. The second-order valence-electron chi connectivity index (χ2n) is 7.25. The van der Waals surface area contributed by atoms with E-state index in [4.69, 9.17) is 5.11 Å². The van der Waals surface area contributed by atoms with Crippen molar-refractivity contribution in [3.8, 4) is 5.75 Å². The van der Waals surface area contributed by atoms with Gasteiger partial charge in [-0.25, -0.2) is 0 Å². The minimum atomic E-state index is -0.284. The van der Waals surface area contributed by atoms with Crippen molar-refractivity contribution < 1.29 is 10.2 Å². The molecule has 2 heteroatoms. The van der Waals surface area contributed by atoms with Gasteiger partial charge in [0.05, 0.1) is 5.60 Å². The van der Waals surface area contributed by atoms with E-state index in [0.717, 1.165) is 42.7 Å². The van der Waals surface area contributed by atoms with E-state index < -0.39 is 0 Å². The van der Waals surface area contributed by atoms with Crippen LogP contribution in [0.4, 0.5) is 0 Å². The Bertz CT molecular complexity index is 580. The van der Waals surface area contributed by atoms with Crippen molar-refractivity contribution in [2.75, 3.05) is 0 Å². The first kappa shape index (κ1) is 14.9. The third-order valence-electron chi connectivity index (χ3n) is 5.71. The van der Waals surface area contributed by atoms with Gasteiger partial charge in [0.25, 0.3) is 0 Å². The summed E-state index contributed by atoms with van der Waals surface area (Å²) in [7, 11) is 0. The molecule has 0 aliphatic heterocycles. The van der Waals surface area contributed by atoms with Gasteiger partial charge in [-0.3, -0.25) is 0 Å². The first-order valence-corrected chi connectivity index (χ1v) is 8.67. The number of aliphatic hydroxyl groups is 1. The molecule has 2 N–H and O–H groups in total. The molecule has 3 unspecified atom stereocenters. The summed E-state index contributed by atoms with van der Waals surface area (Å²) in [6.07, 6.45) is 11.3. The molecule has 0 heterocycles. The predicted molar refractivity (Wildman–Crippen MR) is 84.9 cm³/mol. The lowest BCUT2D eigenvalue weighted by Gasteiger charge is -2.44. The lowest BCUT2D eigenvalue weighted by atomic mass is 9.65. The van der Waals surface area contributed by atoms with Crippen LogP contribution in [0.3, 0.4) is 0 Å². The topological polar surface area (TPSA) is 40.5 Å². The maximum atomic E-state index is 10.4. The molecule has 0 spiro atoms. The van der Waals surface area contributed by atoms with Gasteiger partial charge in [0.2, 0.25) is 0 Å². The van der Waals surface area contributed by atoms with Crippen molar-refractivity contribution in [3.05, 3.63) is 28.6 Å². The lowest BCUT2D eigenvalue weighted by Crippen LogP contribution is -2.40. The van der Waals surface area contributed by atoms with Gasteiger partial charge >= 0.3 is 0 Å². The summed E-state index contributed by atoms with van der Waals surface area (Å²) < 4.78 is 0. The van der Waals surface area contributed by atoms with Crippen LogP contribution < -0.4 is 0 Å². The number of hydrogen-bond acceptors (Lipinski definition) is 2. The molecule has 3 atom stereocenters. The molecule has 0 aromatic rings. The van der Waals surface area contributed by atoms with Gasteiger partial charge in [-0.05, 0) is 48.8 Å². The van der Waals surface area contributed by atoms with Crippen LogP contribution in [0.5, 0.6) is 5.75 Å². The van der Waals surface area contributed by atoms with Crippen LogP contribution >= 0.6 is 0 Å². The van der Waals surface area contributed by atoms with E-state index in [1.54, 1.807) is 6.07 Å². The minimum absolute atomic E-state index is 0.284. The molecule has 0 aromatic heterocycles. The van der Waals surface area contributed by atoms with Crippen molar-refractivity contribution >= 4 is 0 Å². The summed E-state index contributed by atoms with van der Waals surface area (Å²) >= 11 is 0. The molecule has 21 heavy (non-hydrogen) atoms. The van der Waals surface area contributed by atoms with E-state index in [-0.39, 0.29) is 5.60 Å². The summed E-state index contributed by atoms with van der Waals surface area (Å²) in [6, 6.07) is 5.65. The zero-order chi connectivity index (χ0) is 14.9. The zero-order valence-corrected chi connectivity index (χ0v) is 13.1. The molecule has 0 aromatic carbocycles. The Labute approximate surface area is 127 Å². The first-order valence-electron chi connectivity index (χ1n) is 8.67. The number of benzene rings is 1. The SMILES string of the molecule is CCCC1(O)CCC2CCCCC2C1.Oc1cc2ccc1=2. The van der Waals surface area contributed by atoms with Crippen LogP contribution in [0, 0.1) is 22.3 Å². The van der Waals surface area contributed by atoms with Crippen LogP contribution in [-0.4, -0.2) is 15.8 Å². The van der Waals surface area contributed by atoms with Gasteiger partial charge in [0.15, 0.2) is 0 Å². The number of phenolic OH excluding ortho intramolecular Hbond substituents is 1. The van der Waals surface area contributed by atoms with Crippen LogP contribution in [0.15, 0.2) is 18.2 Å². The summed E-state index contributed by atoms with van der Waals surface area (Å²) in [5.41, 5.74) is -0.284. The van der Waals surface area contributed by atoms with E-state index >= 15 is 0 Å². The molecule has 2 nitrogen and oxygen atoms in total. The van der Waals surface area contributed by atoms with E-state index in [9.17, 15) is 5.11 Å². The fraction of sp³-hybridized carbons (Fsp3) is 0.684. The van der Waals surface area contributed by atoms with Crippen molar-refractivity contribution in [1.82, 2.24) is 0 Å². The molecule has 4 aliphatic carbocycles. The molecule has 116 valence electrons. The molecular weight excluding hydrogens is 260 g/mol. The van der Waals surface area contributed by atoms with Crippen molar-refractivity contribution in [2.45, 2.75) is 70.3 Å². The van der Waals surface area contributed by atoms with Crippen molar-refractivity contribution in [3.63, 3.8) is 0 Å². The summed E-state index contributed by atoms with van der Waals surface area (Å²) in [5.74, 6) is 2.26. The Balaban J connectivity index is 0.000000156. The van der Waals surface area contributed by atoms with Gasteiger partial charge in [0.1, 0.15) is 5.75 Å². The van der Waals surface area contributed by atoms with Gasteiger partial charge < -0.3 is 10.2 Å². The minimum Gasteiger partial charge on any atom is -0.507 e. The van der Waals surface area contributed by atoms with E-state index in [1.165, 1.54) is 37.3 Å². The van der Waals surface area contributed by atoms with Crippen LogP contribution in [0.1, 0.15) is 64.7 Å². The van der Waals surface area contributed by atoms with Gasteiger partial charge in [-0.2, -0.15) is 0 Å². The van der Waals surface area contributed by atoms with E-state index in [0.29, 0.717) is 5.75 Å². The molecule has 0 bridgehead atoms. The molecule has 0 saturated heterocycles. The maximum Gasteiger partial charge on any atom is 0.124 e. The summed E-state index contributed by atoms with van der Waals surface area (Å²) in [5, 5.41) is 21.3. The molecular formula is C19H28O2. The van der Waals surface area contributed by atoms with Gasteiger partial charge in [-0.15, -0.1) is 0 Å². The Kier molecular flexibility index (Phi) is 4.26. The average molecular weight is 288 g/mol. The Hall–Kier alpha value is -1.02. The zero-order valence-electron chi connectivity index (χ0n) is 13.1. The van der Waals surface area contributed by atoms with E-state index in [2.05, 4.69) is 6.92 Å². The number of rotatable bonds is 2. The number of hydrogen-bond donors (Lipinski definition) is 2. The van der Waals surface area contributed by atoms with E-state index in [1.807, 2.05) is 12.1 Å². The number of fused-ring (bicyclic) bond motifs is 1. The quantitative estimate of drug-likeness (QED) is 0.854. The summed E-state index contributed by atoms with van der Waals surface area (Å²) in [4.78, 5) is 0. The third kappa shape index (κ3) is 3.11. The predicted octanol–water partition coefficient (Wildman–Crippen LogP) is 4.50. The lowest BCUT2D eigenvalue weighted by molar-refractivity contribution is -0.0510. The molecule has 2 saturated carbocycles. The Morgan fingerprint density at radius 1 is 1.14 bits per heavy atom.